The molecule has 2 heterocycles. The normalized spacial score (nSPS) is 14.2. The van der Waals surface area contributed by atoms with E-state index >= 15 is 0 Å². The van der Waals surface area contributed by atoms with Gasteiger partial charge in [0.05, 0.1) is 11.8 Å². The second kappa shape index (κ2) is 6.16. The second-order valence-electron chi connectivity index (χ2n) is 5.43. The van der Waals surface area contributed by atoms with E-state index in [9.17, 15) is 0 Å². The van der Waals surface area contributed by atoms with Crippen LogP contribution in [0.15, 0.2) is 22.8 Å². The average Bonchev–Trinajstić information content (AvgIpc) is 3.21. The highest BCUT2D eigenvalue weighted by atomic mass is 16.5. The number of anilines is 1. The minimum atomic E-state index is 0.391. The smallest absolute Gasteiger partial charge is 0.222 e. The van der Waals surface area contributed by atoms with Crippen molar-refractivity contribution >= 4 is 5.82 Å². The Morgan fingerprint density at radius 2 is 2.24 bits per heavy atom. The van der Waals surface area contributed by atoms with E-state index in [1.807, 2.05) is 19.1 Å². The zero-order valence-electron chi connectivity index (χ0n) is 12.6. The van der Waals surface area contributed by atoms with E-state index in [1.165, 1.54) is 12.8 Å². The van der Waals surface area contributed by atoms with Gasteiger partial charge in [-0.1, -0.05) is 6.92 Å². The molecule has 0 bridgehead atoms. The summed E-state index contributed by atoms with van der Waals surface area (Å²) in [6.45, 7) is 5.42. The monoisotopic (exact) mass is 287 g/mol. The Labute approximate surface area is 124 Å². The molecule has 21 heavy (non-hydrogen) atoms. The summed E-state index contributed by atoms with van der Waals surface area (Å²) in [5.41, 5.74) is 0.958. The summed E-state index contributed by atoms with van der Waals surface area (Å²) in [6.07, 6.45) is 5.06. The van der Waals surface area contributed by atoms with Gasteiger partial charge in [0.2, 0.25) is 5.88 Å². The molecule has 2 aromatic heterocycles. The summed E-state index contributed by atoms with van der Waals surface area (Å²) < 4.78 is 11.1. The highest BCUT2D eigenvalue weighted by molar-refractivity contribution is 5.49. The van der Waals surface area contributed by atoms with Gasteiger partial charge in [-0.2, -0.15) is 4.98 Å². The van der Waals surface area contributed by atoms with E-state index in [1.54, 1.807) is 6.26 Å². The largest absolute Gasteiger partial charge is 0.469 e. The molecule has 3 rings (SSSR count). The third kappa shape index (κ3) is 3.35. The van der Waals surface area contributed by atoms with Gasteiger partial charge in [-0.05, 0) is 38.3 Å². The molecule has 0 saturated heterocycles. The fourth-order valence-corrected chi connectivity index (χ4v) is 2.13. The predicted molar refractivity (Wildman–Crippen MR) is 80.6 cm³/mol. The van der Waals surface area contributed by atoms with Crippen LogP contribution in [0.3, 0.4) is 0 Å². The Morgan fingerprint density at radius 3 is 2.90 bits per heavy atom. The molecule has 0 unspecified atom stereocenters. The van der Waals surface area contributed by atoms with Gasteiger partial charge in [0.25, 0.3) is 0 Å². The van der Waals surface area contributed by atoms with Crippen molar-refractivity contribution in [3.05, 3.63) is 35.5 Å². The van der Waals surface area contributed by atoms with Crippen LogP contribution in [-0.4, -0.2) is 16.5 Å². The number of nitrogens with zero attached hydrogens (tertiary/aromatic N) is 2. The maximum atomic E-state index is 5.84. The maximum absolute atomic E-state index is 5.84. The summed E-state index contributed by atoms with van der Waals surface area (Å²) in [5, 5.41) is 3.36. The molecular formula is C16H21N3O2. The Kier molecular flexibility index (Phi) is 4.08. The molecule has 0 aliphatic heterocycles. The number of nitrogens with one attached hydrogen (secondary N) is 1. The van der Waals surface area contributed by atoms with E-state index in [2.05, 4.69) is 22.2 Å². The first kappa shape index (κ1) is 13.9. The summed E-state index contributed by atoms with van der Waals surface area (Å²) in [4.78, 5) is 9.24. The lowest BCUT2D eigenvalue weighted by Gasteiger charge is -2.13. The van der Waals surface area contributed by atoms with Crippen LogP contribution >= 0.6 is 0 Å². The molecule has 0 amide bonds. The first-order valence-electron chi connectivity index (χ1n) is 7.55. The van der Waals surface area contributed by atoms with Gasteiger partial charge >= 0.3 is 0 Å². The van der Waals surface area contributed by atoms with E-state index in [-0.39, 0.29) is 0 Å². The van der Waals surface area contributed by atoms with Crippen molar-refractivity contribution in [3.8, 4) is 5.88 Å². The molecule has 0 spiro atoms. The Hall–Kier alpha value is -2.04. The molecule has 1 aliphatic rings. The van der Waals surface area contributed by atoms with Crippen molar-refractivity contribution in [2.24, 2.45) is 0 Å². The van der Waals surface area contributed by atoms with E-state index in [0.717, 1.165) is 35.9 Å². The van der Waals surface area contributed by atoms with Crippen molar-refractivity contribution in [2.75, 3.05) is 11.9 Å². The number of rotatable bonds is 7. The molecule has 112 valence electrons. The molecular weight excluding hydrogens is 266 g/mol. The Morgan fingerprint density at radius 1 is 1.38 bits per heavy atom. The van der Waals surface area contributed by atoms with Crippen molar-refractivity contribution in [3.63, 3.8) is 0 Å². The van der Waals surface area contributed by atoms with Crippen LogP contribution < -0.4 is 10.1 Å². The third-order valence-corrected chi connectivity index (χ3v) is 3.53. The lowest BCUT2D eigenvalue weighted by Crippen LogP contribution is -2.09. The number of aromatic nitrogens is 2. The van der Waals surface area contributed by atoms with Gasteiger partial charge in [0.15, 0.2) is 0 Å². The van der Waals surface area contributed by atoms with Crippen molar-refractivity contribution in [1.82, 2.24) is 9.97 Å². The van der Waals surface area contributed by atoms with Gasteiger partial charge in [-0.3, -0.25) is 0 Å². The van der Waals surface area contributed by atoms with Gasteiger partial charge < -0.3 is 14.5 Å². The predicted octanol–water partition coefficient (Wildman–Crippen LogP) is 3.66. The molecule has 1 saturated carbocycles. The number of furan rings is 1. The van der Waals surface area contributed by atoms with Crippen LogP contribution in [0.2, 0.25) is 0 Å². The maximum Gasteiger partial charge on any atom is 0.222 e. The first-order chi connectivity index (χ1) is 10.3. The van der Waals surface area contributed by atoms with Gasteiger partial charge in [-0.15, -0.1) is 0 Å². The minimum absolute atomic E-state index is 0.391. The van der Waals surface area contributed by atoms with Crippen LogP contribution in [-0.2, 0) is 6.61 Å². The summed E-state index contributed by atoms with van der Waals surface area (Å²) >= 11 is 0. The number of hydrogen-bond donors (Lipinski definition) is 1. The zero-order valence-corrected chi connectivity index (χ0v) is 12.6. The molecule has 0 radical (unpaired) electrons. The topological polar surface area (TPSA) is 60.2 Å². The van der Waals surface area contributed by atoms with Crippen molar-refractivity contribution in [1.29, 1.82) is 0 Å². The van der Waals surface area contributed by atoms with Gasteiger partial charge in [0, 0.05) is 12.5 Å². The Bertz CT molecular complexity index is 592. The van der Waals surface area contributed by atoms with Crippen LogP contribution in [0.25, 0.3) is 0 Å². The lowest BCUT2D eigenvalue weighted by molar-refractivity contribution is 0.257. The summed E-state index contributed by atoms with van der Waals surface area (Å²) in [5.74, 6) is 3.74. The Balaban J connectivity index is 1.80. The average molecular weight is 287 g/mol. The third-order valence-electron chi connectivity index (χ3n) is 3.53. The quantitative estimate of drug-likeness (QED) is 0.842. The molecule has 1 aliphatic carbocycles. The van der Waals surface area contributed by atoms with Crippen LogP contribution in [0.5, 0.6) is 5.88 Å². The van der Waals surface area contributed by atoms with Crippen LogP contribution in [0.1, 0.15) is 49.3 Å². The highest BCUT2D eigenvalue weighted by Gasteiger charge is 2.28. The van der Waals surface area contributed by atoms with E-state index < -0.39 is 0 Å². The highest BCUT2D eigenvalue weighted by Crippen LogP contribution is 2.40. The molecule has 5 heteroatoms. The van der Waals surface area contributed by atoms with E-state index in [4.69, 9.17) is 9.15 Å². The second-order valence-corrected chi connectivity index (χ2v) is 5.43. The molecule has 1 fully saturated rings. The molecule has 5 nitrogen and oxygen atoms in total. The van der Waals surface area contributed by atoms with Crippen LogP contribution in [0.4, 0.5) is 5.82 Å². The van der Waals surface area contributed by atoms with Crippen molar-refractivity contribution in [2.45, 2.75) is 45.6 Å². The minimum Gasteiger partial charge on any atom is -0.469 e. The van der Waals surface area contributed by atoms with Gasteiger partial charge in [-0.25, -0.2) is 4.98 Å². The van der Waals surface area contributed by atoms with Gasteiger partial charge in [0.1, 0.15) is 24.0 Å². The summed E-state index contributed by atoms with van der Waals surface area (Å²) in [7, 11) is 0. The zero-order chi connectivity index (χ0) is 14.7. The fourth-order valence-electron chi connectivity index (χ4n) is 2.13. The SMILES string of the molecule is CCCNc1nc(C2CC2)nc(OCc2ccco2)c1C. The molecule has 0 aromatic carbocycles. The molecule has 0 atom stereocenters. The number of hydrogen-bond acceptors (Lipinski definition) is 5. The molecule has 1 N–H and O–H groups in total. The van der Waals surface area contributed by atoms with Crippen LogP contribution in [0, 0.1) is 6.92 Å². The van der Waals surface area contributed by atoms with E-state index in [0.29, 0.717) is 18.4 Å². The number of ether oxygens (including phenoxy) is 1. The molecule has 2 aromatic rings. The lowest BCUT2D eigenvalue weighted by atomic mass is 10.3. The fraction of sp³-hybridized carbons (Fsp3) is 0.500. The summed E-state index contributed by atoms with van der Waals surface area (Å²) in [6, 6.07) is 3.75. The first-order valence-corrected chi connectivity index (χ1v) is 7.55. The van der Waals surface area contributed by atoms with Crippen molar-refractivity contribution < 1.29 is 9.15 Å². The standard InChI is InChI=1S/C16H21N3O2/c1-3-8-17-14-11(2)16(19-15(18-14)12-6-7-12)21-10-13-5-4-9-20-13/h4-5,9,12H,3,6-8,10H2,1-2H3,(H,17,18,19).